The molecule has 0 radical (unpaired) electrons. The molecule has 1 aromatic carbocycles. The number of halogens is 1. The first-order valence-corrected chi connectivity index (χ1v) is 11.6. The molecule has 2 aromatic heterocycles. The molecule has 4 heterocycles. The number of benzene rings is 1. The second-order valence-electron chi connectivity index (χ2n) is 8.92. The highest BCUT2D eigenvalue weighted by molar-refractivity contribution is 5.77. The molecule has 0 unspecified atom stereocenters. The van der Waals surface area contributed by atoms with Crippen molar-refractivity contribution in [3.05, 3.63) is 36.4 Å². The Morgan fingerprint density at radius 3 is 2.73 bits per heavy atom. The molecule has 0 amide bonds. The number of nitrogens with zero attached hydrogens (tertiary/aromatic N) is 5. The highest BCUT2D eigenvalue weighted by Crippen LogP contribution is 2.34. The third kappa shape index (κ3) is 4.74. The monoisotopic (exact) mass is 454 g/mol. The van der Waals surface area contributed by atoms with Crippen molar-refractivity contribution in [2.24, 2.45) is 5.92 Å². The highest BCUT2D eigenvalue weighted by atomic mass is 19.1. The van der Waals surface area contributed by atoms with Crippen LogP contribution in [0, 0.1) is 11.7 Å². The topological polar surface area (TPSA) is 67.7 Å². The molecule has 8 nitrogen and oxygen atoms in total. The number of piperazine rings is 1. The Bertz CT molecular complexity index is 1110. The van der Waals surface area contributed by atoms with Gasteiger partial charge in [-0.15, -0.1) is 0 Å². The van der Waals surface area contributed by atoms with Gasteiger partial charge in [-0.1, -0.05) is 0 Å². The first-order chi connectivity index (χ1) is 16.1. The molecule has 2 aliphatic rings. The second kappa shape index (κ2) is 9.52. The number of aromatic nitrogens is 3. The van der Waals surface area contributed by atoms with Gasteiger partial charge in [0.2, 0.25) is 5.95 Å². The average molecular weight is 455 g/mol. The van der Waals surface area contributed by atoms with Crippen molar-refractivity contribution in [2.75, 3.05) is 63.8 Å². The number of anilines is 3. The van der Waals surface area contributed by atoms with Crippen LogP contribution >= 0.6 is 0 Å². The molecule has 5 rings (SSSR count). The van der Waals surface area contributed by atoms with E-state index < -0.39 is 0 Å². The quantitative estimate of drug-likeness (QED) is 0.611. The summed E-state index contributed by atoms with van der Waals surface area (Å²) in [6.45, 7) is 5.93. The molecule has 1 N–H and O–H groups in total. The highest BCUT2D eigenvalue weighted by Gasteiger charge is 2.21. The summed E-state index contributed by atoms with van der Waals surface area (Å²) in [5.74, 6) is 1.27. The van der Waals surface area contributed by atoms with Gasteiger partial charge >= 0.3 is 0 Å². The summed E-state index contributed by atoms with van der Waals surface area (Å²) < 4.78 is 28.3. The van der Waals surface area contributed by atoms with Crippen molar-refractivity contribution < 1.29 is 13.9 Å². The van der Waals surface area contributed by atoms with E-state index in [9.17, 15) is 0 Å². The minimum absolute atomic E-state index is 0.285. The molecule has 33 heavy (non-hydrogen) atoms. The summed E-state index contributed by atoms with van der Waals surface area (Å²) in [7, 11) is 3.67. The molecule has 0 atom stereocenters. The number of rotatable bonds is 6. The molecule has 9 heteroatoms. The van der Waals surface area contributed by atoms with E-state index in [4.69, 9.17) is 14.5 Å². The van der Waals surface area contributed by atoms with E-state index >= 15 is 4.39 Å². The summed E-state index contributed by atoms with van der Waals surface area (Å²) in [4.78, 5) is 13.5. The van der Waals surface area contributed by atoms with Gasteiger partial charge in [0.1, 0.15) is 17.2 Å². The standard InChI is InChI=1S/C24H31FN6O2/c1-29-7-9-30(10-8-29)21-14-22(32-2)20(13-19(21)25)27-24-26-15-18-3-6-31(23(18)28-24)16-17-4-11-33-12-5-17/h3,6,13-15,17H,4-5,7-12,16H2,1-2H3,(H,26,27,28). The van der Waals surface area contributed by atoms with Crippen molar-refractivity contribution in [1.29, 1.82) is 0 Å². The van der Waals surface area contributed by atoms with E-state index in [-0.39, 0.29) is 5.82 Å². The zero-order chi connectivity index (χ0) is 22.8. The van der Waals surface area contributed by atoms with Crippen LogP contribution < -0.4 is 15.0 Å². The first-order valence-electron chi connectivity index (χ1n) is 11.6. The molecule has 2 saturated heterocycles. The smallest absolute Gasteiger partial charge is 0.229 e. The third-order valence-corrected chi connectivity index (χ3v) is 6.66. The maximum Gasteiger partial charge on any atom is 0.229 e. The Kier molecular flexibility index (Phi) is 6.32. The lowest BCUT2D eigenvalue weighted by molar-refractivity contribution is 0.0616. The summed E-state index contributed by atoms with van der Waals surface area (Å²) in [6.07, 6.45) is 5.98. The molecular weight excluding hydrogens is 423 g/mol. The fourth-order valence-electron chi connectivity index (χ4n) is 4.60. The Morgan fingerprint density at radius 1 is 1.18 bits per heavy atom. The molecule has 0 bridgehead atoms. The van der Waals surface area contributed by atoms with E-state index in [1.807, 2.05) is 6.07 Å². The fraction of sp³-hybridized carbons (Fsp3) is 0.500. The van der Waals surface area contributed by atoms with Gasteiger partial charge in [0.15, 0.2) is 0 Å². The number of hydrogen-bond acceptors (Lipinski definition) is 7. The van der Waals surface area contributed by atoms with Crippen molar-refractivity contribution in [3.63, 3.8) is 0 Å². The van der Waals surface area contributed by atoms with Gasteiger partial charge in [0.25, 0.3) is 0 Å². The van der Waals surface area contributed by atoms with Crippen LogP contribution in [0.1, 0.15) is 12.8 Å². The van der Waals surface area contributed by atoms with Crippen LogP contribution in [-0.2, 0) is 11.3 Å². The van der Waals surface area contributed by atoms with Gasteiger partial charge in [0, 0.05) is 75.9 Å². The zero-order valence-electron chi connectivity index (χ0n) is 19.3. The Hall–Kier alpha value is -2.91. The van der Waals surface area contributed by atoms with Crippen LogP contribution in [-0.4, -0.2) is 73.0 Å². The van der Waals surface area contributed by atoms with Crippen molar-refractivity contribution in [3.8, 4) is 5.75 Å². The number of nitrogens with one attached hydrogen (secondary N) is 1. The number of ether oxygens (including phenoxy) is 2. The number of likely N-dealkylation sites (N-methyl/N-ethyl adjacent to an activating group) is 1. The Balaban J connectivity index is 1.38. The second-order valence-corrected chi connectivity index (χ2v) is 8.92. The van der Waals surface area contributed by atoms with E-state index in [1.54, 1.807) is 19.4 Å². The van der Waals surface area contributed by atoms with Crippen LogP contribution in [0.5, 0.6) is 5.75 Å². The number of fused-ring (bicyclic) bond motifs is 1. The lowest BCUT2D eigenvalue weighted by Crippen LogP contribution is -2.44. The molecule has 2 aliphatic heterocycles. The maximum absolute atomic E-state index is 15.1. The van der Waals surface area contributed by atoms with Crippen molar-refractivity contribution in [1.82, 2.24) is 19.4 Å². The minimum atomic E-state index is -0.285. The van der Waals surface area contributed by atoms with E-state index in [0.29, 0.717) is 29.0 Å². The number of hydrogen-bond donors (Lipinski definition) is 1. The maximum atomic E-state index is 15.1. The van der Waals surface area contributed by atoms with E-state index in [2.05, 4.69) is 37.9 Å². The Labute approximate surface area is 193 Å². The Morgan fingerprint density at radius 2 is 1.97 bits per heavy atom. The molecule has 2 fully saturated rings. The van der Waals surface area contributed by atoms with Crippen LogP contribution in [0.3, 0.4) is 0 Å². The lowest BCUT2D eigenvalue weighted by atomic mass is 10.0. The van der Waals surface area contributed by atoms with Crippen LogP contribution in [0.25, 0.3) is 11.0 Å². The molecule has 0 saturated carbocycles. The van der Waals surface area contributed by atoms with Gasteiger partial charge in [-0.3, -0.25) is 0 Å². The fourth-order valence-corrected chi connectivity index (χ4v) is 4.60. The summed E-state index contributed by atoms with van der Waals surface area (Å²) >= 11 is 0. The van der Waals surface area contributed by atoms with Crippen LogP contribution in [0.4, 0.5) is 21.7 Å². The predicted octanol–water partition coefficient (Wildman–Crippen LogP) is 3.50. The minimum Gasteiger partial charge on any atom is -0.494 e. The molecule has 176 valence electrons. The molecular formula is C24H31FN6O2. The van der Waals surface area contributed by atoms with E-state index in [0.717, 1.165) is 69.8 Å². The lowest BCUT2D eigenvalue weighted by Gasteiger charge is -2.34. The molecule has 0 spiro atoms. The van der Waals surface area contributed by atoms with Crippen LogP contribution in [0.2, 0.25) is 0 Å². The largest absolute Gasteiger partial charge is 0.494 e. The third-order valence-electron chi connectivity index (χ3n) is 6.66. The summed E-state index contributed by atoms with van der Waals surface area (Å²) in [5, 5.41) is 4.15. The van der Waals surface area contributed by atoms with Gasteiger partial charge in [-0.05, 0) is 31.9 Å². The van der Waals surface area contributed by atoms with Crippen LogP contribution in [0.15, 0.2) is 30.6 Å². The normalized spacial score (nSPS) is 18.1. The summed E-state index contributed by atoms with van der Waals surface area (Å²) in [5.41, 5.74) is 1.94. The van der Waals surface area contributed by atoms with Gasteiger partial charge in [-0.2, -0.15) is 4.98 Å². The predicted molar refractivity (Wildman–Crippen MR) is 127 cm³/mol. The van der Waals surface area contributed by atoms with Crippen molar-refractivity contribution in [2.45, 2.75) is 19.4 Å². The average Bonchev–Trinajstić information content (AvgIpc) is 3.22. The van der Waals surface area contributed by atoms with Gasteiger partial charge in [-0.25, -0.2) is 9.37 Å². The molecule has 0 aliphatic carbocycles. The van der Waals surface area contributed by atoms with Gasteiger partial charge < -0.3 is 29.2 Å². The zero-order valence-corrected chi connectivity index (χ0v) is 19.3. The van der Waals surface area contributed by atoms with Crippen molar-refractivity contribution >= 4 is 28.4 Å². The molecule has 3 aromatic rings. The summed E-state index contributed by atoms with van der Waals surface area (Å²) in [6, 6.07) is 5.26. The number of methoxy groups -OCH3 is 1. The first kappa shape index (κ1) is 21.9. The SMILES string of the molecule is COc1cc(N2CCN(C)CC2)c(F)cc1Nc1ncc2ccn(CC3CCOCC3)c2n1. The van der Waals surface area contributed by atoms with Gasteiger partial charge in [0.05, 0.1) is 18.5 Å². The van der Waals surface area contributed by atoms with E-state index in [1.165, 1.54) is 6.07 Å².